The van der Waals surface area contributed by atoms with Crippen LogP contribution in [0, 0.1) is 0 Å². The van der Waals surface area contributed by atoms with Crippen molar-refractivity contribution in [3.05, 3.63) is 102 Å². The second kappa shape index (κ2) is 8.59. The third-order valence-electron chi connectivity index (χ3n) is 4.82. The number of hydrogen-bond donors (Lipinski definition) is 0. The zero-order valence-electron chi connectivity index (χ0n) is 16.6. The first-order valence-electron chi connectivity index (χ1n) is 9.32. The highest BCUT2D eigenvalue weighted by atomic mass is 15.1. The van der Waals surface area contributed by atoms with Crippen LogP contribution in [-0.2, 0) is 0 Å². The first kappa shape index (κ1) is 18.8. The van der Waals surface area contributed by atoms with E-state index in [1.807, 2.05) is 0 Å². The second-order valence-electron chi connectivity index (χ2n) is 7.22. The Morgan fingerprint density at radius 1 is 0.593 bits per heavy atom. The Bertz CT molecular complexity index is 809. The molecule has 3 aromatic rings. The van der Waals surface area contributed by atoms with Gasteiger partial charge in [0.05, 0.1) is 0 Å². The maximum atomic E-state index is 2.30. The average Bonchev–Trinajstić information content (AvgIpc) is 2.69. The maximum Gasteiger partial charge on any atom is 0.0361 e. The Balaban J connectivity index is 1.96. The van der Waals surface area contributed by atoms with Gasteiger partial charge < -0.3 is 9.80 Å². The largest absolute Gasteiger partial charge is 0.378 e. The van der Waals surface area contributed by atoms with E-state index in [9.17, 15) is 0 Å². The normalized spacial score (nSPS) is 11.1. The molecule has 0 fully saturated rings. The summed E-state index contributed by atoms with van der Waals surface area (Å²) in [6.07, 6.45) is 4.51. The van der Waals surface area contributed by atoms with Crippen LogP contribution in [0.25, 0.3) is 6.08 Å². The monoisotopic (exact) mass is 356 g/mol. The summed E-state index contributed by atoms with van der Waals surface area (Å²) in [5.41, 5.74) is 6.24. The SMILES string of the molecule is CN(C)c1ccc(C(C=Cc2ccccc2)c2ccc(N(C)C)cc2)cc1. The number of benzene rings is 3. The predicted molar refractivity (Wildman–Crippen MR) is 119 cm³/mol. The lowest BCUT2D eigenvalue weighted by Gasteiger charge is -2.19. The molecule has 2 heteroatoms. The lowest BCUT2D eigenvalue weighted by atomic mass is 9.90. The summed E-state index contributed by atoms with van der Waals surface area (Å²) in [5.74, 6) is 0.220. The summed E-state index contributed by atoms with van der Waals surface area (Å²) in [5, 5.41) is 0. The Kier molecular flexibility index (Phi) is 5.97. The smallest absolute Gasteiger partial charge is 0.0361 e. The van der Waals surface area contributed by atoms with Gasteiger partial charge in [-0.05, 0) is 41.0 Å². The minimum atomic E-state index is 0.220. The lowest BCUT2D eigenvalue weighted by molar-refractivity contribution is 1.02. The molecule has 3 aromatic carbocycles. The molecule has 0 radical (unpaired) electrons. The van der Waals surface area contributed by atoms with Gasteiger partial charge >= 0.3 is 0 Å². The molecule has 0 saturated carbocycles. The summed E-state index contributed by atoms with van der Waals surface area (Å²) < 4.78 is 0. The fourth-order valence-corrected chi connectivity index (χ4v) is 3.15. The molecule has 2 nitrogen and oxygen atoms in total. The van der Waals surface area contributed by atoms with Crippen molar-refractivity contribution in [2.75, 3.05) is 38.0 Å². The van der Waals surface area contributed by atoms with Crippen LogP contribution in [0.1, 0.15) is 22.6 Å². The van der Waals surface area contributed by atoms with Crippen molar-refractivity contribution in [1.82, 2.24) is 0 Å². The van der Waals surface area contributed by atoms with Gasteiger partial charge in [-0.2, -0.15) is 0 Å². The summed E-state index contributed by atoms with van der Waals surface area (Å²) in [4.78, 5) is 4.26. The number of nitrogens with zero attached hydrogens (tertiary/aromatic N) is 2. The molecule has 3 rings (SSSR count). The highest BCUT2D eigenvalue weighted by molar-refractivity contribution is 5.56. The van der Waals surface area contributed by atoms with Gasteiger partial charge in [-0.1, -0.05) is 66.7 Å². The zero-order valence-corrected chi connectivity index (χ0v) is 16.6. The molecule has 138 valence electrons. The molecule has 0 aliphatic carbocycles. The molecule has 0 spiro atoms. The molecule has 0 unspecified atom stereocenters. The molecular weight excluding hydrogens is 328 g/mol. The Morgan fingerprint density at radius 3 is 1.44 bits per heavy atom. The number of anilines is 2. The van der Waals surface area contributed by atoms with Crippen LogP contribution in [0.5, 0.6) is 0 Å². The summed E-state index contributed by atoms with van der Waals surface area (Å²) in [7, 11) is 8.28. The summed E-state index contributed by atoms with van der Waals surface area (Å²) in [6, 6.07) is 28.2. The third-order valence-corrected chi connectivity index (χ3v) is 4.82. The first-order valence-corrected chi connectivity index (χ1v) is 9.32. The van der Waals surface area contributed by atoms with E-state index < -0.39 is 0 Å². The minimum absolute atomic E-state index is 0.220. The zero-order chi connectivity index (χ0) is 19.2. The maximum absolute atomic E-state index is 2.30. The van der Waals surface area contributed by atoms with Crippen LogP contribution >= 0.6 is 0 Å². The fourth-order valence-electron chi connectivity index (χ4n) is 3.15. The van der Waals surface area contributed by atoms with Crippen LogP contribution in [0.2, 0.25) is 0 Å². The van der Waals surface area contributed by atoms with Crippen LogP contribution in [-0.4, -0.2) is 28.2 Å². The molecule has 0 N–H and O–H groups in total. The van der Waals surface area contributed by atoms with Crippen LogP contribution in [0.15, 0.2) is 84.9 Å². The predicted octanol–water partition coefficient (Wildman–Crippen LogP) is 5.66. The topological polar surface area (TPSA) is 6.48 Å². The molecule has 0 aromatic heterocycles. The van der Waals surface area contributed by atoms with Crippen molar-refractivity contribution >= 4 is 17.5 Å². The molecule has 0 amide bonds. The Morgan fingerprint density at radius 2 is 1.04 bits per heavy atom. The molecule has 27 heavy (non-hydrogen) atoms. The van der Waals surface area contributed by atoms with Crippen LogP contribution in [0.3, 0.4) is 0 Å². The number of hydrogen-bond acceptors (Lipinski definition) is 2. The molecule has 0 saturated heterocycles. The lowest BCUT2D eigenvalue weighted by Crippen LogP contribution is -2.09. The fraction of sp³-hybridized carbons (Fsp3) is 0.200. The van der Waals surface area contributed by atoms with E-state index in [0.29, 0.717) is 0 Å². The van der Waals surface area contributed by atoms with Gasteiger partial charge in [0.1, 0.15) is 0 Å². The molecule has 0 aliphatic rings. The van der Waals surface area contributed by atoms with Gasteiger partial charge in [0.15, 0.2) is 0 Å². The minimum Gasteiger partial charge on any atom is -0.378 e. The van der Waals surface area contributed by atoms with E-state index in [0.717, 1.165) is 0 Å². The van der Waals surface area contributed by atoms with E-state index in [1.54, 1.807) is 0 Å². The van der Waals surface area contributed by atoms with Gasteiger partial charge in [0.25, 0.3) is 0 Å². The standard InChI is InChI=1S/C25H28N2/c1-26(2)23-15-11-21(12-16-23)25(19-10-20-8-6-5-7-9-20)22-13-17-24(18-14-22)27(3)4/h5-19,25H,1-4H3. The van der Waals surface area contributed by atoms with Gasteiger partial charge in [0, 0.05) is 45.5 Å². The summed E-state index contributed by atoms with van der Waals surface area (Å²) >= 11 is 0. The number of allylic oxidation sites excluding steroid dienone is 1. The van der Waals surface area contributed by atoms with Gasteiger partial charge in [-0.25, -0.2) is 0 Å². The van der Waals surface area contributed by atoms with Crippen molar-refractivity contribution in [1.29, 1.82) is 0 Å². The molecule has 0 aliphatic heterocycles. The van der Waals surface area contributed by atoms with E-state index in [-0.39, 0.29) is 5.92 Å². The van der Waals surface area contributed by atoms with Crippen LogP contribution in [0.4, 0.5) is 11.4 Å². The van der Waals surface area contributed by atoms with E-state index >= 15 is 0 Å². The van der Waals surface area contributed by atoms with E-state index in [1.165, 1.54) is 28.1 Å². The Hall–Kier alpha value is -3.00. The highest BCUT2D eigenvalue weighted by Crippen LogP contribution is 2.29. The van der Waals surface area contributed by atoms with Gasteiger partial charge in [0.2, 0.25) is 0 Å². The van der Waals surface area contributed by atoms with Gasteiger partial charge in [-0.3, -0.25) is 0 Å². The van der Waals surface area contributed by atoms with E-state index in [4.69, 9.17) is 0 Å². The van der Waals surface area contributed by atoms with Crippen molar-refractivity contribution in [2.45, 2.75) is 5.92 Å². The summed E-state index contributed by atoms with van der Waals surface area (Å²) in [6.45, 7) is 0. The van der Waals surface area contributed by atoms with Crippen molar-refractivity contribution in [3.8, 4) is 0 Å². The molecule has 0 atom stereocenters. The van der Waals surface area contributed by atoms with Crippen molar-refractivity contribution < 1.29 is 0 Å². The number of rotatable bonds is 6. The van der Waals surface area contributed by atoms with Crippen LogP contribution < -0.4 is 9.80 Å². The quantitative estimate of drug-likeness (QED) is 0.562. The Labute approximate surface area is 163 Å². The van der Waals surface area contributed by atoms with E-state index in [2.05, 4.69) is 129 Å². The first-order chi connectivity index (χ1) is 13.0. The second-order valence-corrected chi connectivity index (χ2v) is 7.22. The molecule has 0 bridgehead atoms. The average molecular weight is 357 g/mol. The van der Waals surface area contributed by atoms with Crippen molar-refractivity contribution in [3.63, 3.8) is 0 Å². The third kappa shape index (κ3) is 4.79. The highest BCUT2D eigenvalue weighted by Gasteiger charge is 2.12. The molecule has 0 heterocycles. The van der Waals surface area contributed by atoms with Gasteiger partial charge in [-0.15, -0.1) is 0 Å². The molecular formula is C25H28N2. The van der Waals surface area contributed by atoms with Crippen molar-refractivity contribution in [2.24, 2.45) is 0 Å².